The van der Waals surface area contributed by atoms with Gasteiger partial charge in [0.25, 0.3) is 0 Å². The van der Waals surface area contributed by atoms with Gasteiger partial charge in [0.2, 0.25) is 0 Å². The zero-order chi connectivity index (χ0) is 14.1. The van der Waals surface area contributed by atoms with E-state index in [-0.39, 0.29) is 0 Å². The molecule has 0 aromatic heterocycles. The van der Waals surface area contributed by atoms with Gasteiger partial charge in [-0.05, 0) is 76.7 Å². The SMILES string of the molecule is Brc1ccc(NC2CCc3cc(Br)ccc3C2)c(Br)c1. The molecular formula is C16H14Br3N. The molecule has 1 nitrogen and oxygen atoms in total. The number of hydrogen-bond acceptors (Lipinski definition) is 1. The van der Waals surface area contributed by atoms with Crippen LogP contribution in [-0.4, -0.2) is 6.04 Å². The van der Waals surface area contributed by atoms with E-state index in [1.807, 2.05) is 0 Å². The Morgan fingerprint density at radius 1 is 0.900 bits per heavy atom. The van der Waals surface area contributed by atoms with E-state index in [9.17, 15) is 0 Å². The summed E-state index contributed by atoms with van der Waals surface area (Å²) in [5.74, 6) is 0. The van der Waals surface area contributed by atoms with Gasteiger partial charge in [0.05, 0.1) is 0 Å². The van der Waals surface area contributed by atoms with Crippen molar-refractivity contribution in [3.8, 4) is 0 Å². The van der Waals surface area contributed by atoms with Gasteiger partial charge in [-0.3, -0.25) is 0 Å². The molecule has 0 saturated heterocycles. The second-order valence-electron chi connectivity index (χ2n) is 5.12. The van der Waals surface area contributed by atoms with E-state index >= 15 is 0 Å². The lowest BCUT2D eigenvalue weighted by molar-refractivity contribution is 0.610. The molecule has 3 rings (SSSR count). The number of benzene rings is 2. The molecule has 1 aliphatic carbocycles. The average molecular weight is 460 g/mol. The Balaban J connectivity index is 1.75. The monoisotopic (exact) mass is 457 g/mol. The molecule has 1 N–H and O–H groups in total. The molecule has 4 heteroatoms. The summed E-state index contributed by atoms with van der Waals surface area (Å²) < 4.78 is 3.38. The minimum Gasteiger partial charge on any atom is -0.381 e. The van der Waals surface area contributed by atoms with Gasteiger partial charge >= 0.3 is 0 Å². The molecular weight excluding hydrogens is 446 g/mol. The number of aryl methyl sites for hydroxylation is 1. The summed E-state index contributed by atoms with van der Waals surface area (Å²) in [5.41, 5.74) is 4.11. The predicted molar refractivity (Wildman–Crippen MR) is 95.4 cm³/mol. The van der Waals surface area contributed by atoms with E-state index in [4.69, 9.17) is 0 Å². The van der Waals surface area contributed by atoms with Gasteiger partial charge in [0.15, 0.2) is 0 Å². The quantitative estimate of drug-likeness (QED) is 0.585. The Morgan fingerprint density at radius 2 is 1.65 bits per heavy atom. The number of fused-ring (bicyclic) bond motifs is 1. The molecule has 2 aromatic carbocycles. The molecule has 1 unspecified atom stereocenters. The van der Waals surface area contributed by atoms with E-state index in [0.717, 1.165) is 21.8 Å². The lowest BCUT2D eigenvalue weighted by Gasteiger charge is -2.27. The third-order valence-corrected chi connectivity index (χ3v) is 5.33. The van der Waals surface area contributed by atoms with Gasteiger partial charge in [-0.25, -0.2) is 0 Å². The van der Waals surface area contributed by atoms with Crippen molar-refractivity contribution in [3.63, 3.8) is 0 Å². The van der Waals surface area contributed by atoms with Crippen LogP contribution in [0.4, 0.5) is 5.69 Å². The minimum atomic E-state index is 0.501. The summed E-state index contributed by atoms with van der Waals surface area (Å²) in [4.78, 5) is 0. The zero-order valence-corrected chi connectivity index (χ0v) is 15.6. The zero-order valence-electron chi connectivity index (χ0n) is 10.8. The van der Waals surface area contributed by atoms with E-state index in [1.165, 1.54) is 27.7 Å². The van der Waals surface area contributed by atoms with Crippen LogP contribution in [0.3, 0.4) is 0 Å². The molecule has 0 heterocycles. The van der Waals surface area contributed by atoms with Crippen LogP contribution in [0, 0.1) is 0 Å². The first-order valence-electron chi connectivity index (χ1n) is 6.61. The van der Waals surface area contributed by atoms with Crippen molar-refractivity contribution in [2.75, 3.05) is 5.32 Å². The van der Waals surface area contributed by atoms with Gasteiger partial charge in [-0.1, -0.05) is 37.9 Å². The Bertz CT molecular complexity index is 640. The van der Waals surface area contributed by atoms with Gasteiger partial charge in [-0.2, -0.15) is 0 Å². The lowest BCUT2D eigenvalue weighted by atomic mass is 9.88. The van der Waals surface area contributed by atoms with Crippen LogP contribution in [0.25, 0.3) is 0 Å². The van der Waals surface area contributed by atoms with Crippen molar-refractivity contribution in [1.82, 2.24) is 0 Å². The van der Waals surface area contributed by atoms with Crippen LogP contribution in [-0.2, 0) is 12.8 Å². The summed E-state index contributed by atoms with van der Waals surface area (Å²) in [6.07, 6.45) is 3.40. The lowest BCUT2D eigenvalue weighted by Crippen LogP contribution is -2.27. The molecule has 0 aliphatic heterocycles. The molecule has 0 amide bonds. The first kappa shape index (κ1) is 14.6. The number of halogens is 3. The molecule has 1 aliphatic rings. The number of rotatable bonds is 2. The molecule has 20 heavy (non-hydrogen) atoms. The molecule has 0 spiro atoms. The normalized spacial score (nSPS) is 17.6. The van der Waals surface area contributed by atoms with Crippen molar-refractivity contribution >= 4 is 53.5 Å². The second kappa shape index (κ2) is 6.20. The highest BCUT2D eigenvalue weighted by atomic mass is 79.9. The summed E-state index contributed by atoms with van der Waals surface area (Å²) in [6, 6.07) is 13.4. The Kier molecular flexibility index (Phi) is 4.53. The smallest absolute Gasteiger partial charge is 0.0487 e. The van der Waals surface area contributed by atoms with Crippen LogP contribution < -0.4 is 5.32 Å². The highest BCUT2D eigenvalue weighted by Gasteiger charge is 2.19. The Morgan fingerprint density at radius 3 is 2.45 bits per heavy atom. The molecule has 0 fully saturated rings. The maximum atomic E-state index is 3.65. The standard InChI is InChI=1S/C16H14Br3N/c17-12-3-1-11-8-14(5-2-10(11)7-12)20-16-6-4-13(18)9-15(16)19/h1,3-4,6-7,9,14,20H,2,5,8H2. The summed E-state index contributed by atoms with van der Waals surface area (Å²) >= 11 is 10.7. The van der Waals surface area contributed by atoms with E-state index in [2.05, 4.69) is 89.5 Å². The van der Waals surface area contributed by atoms with Crippen LogP contribution in [0.5, 0.6) is 0 Å². The number of anilines is 1. The largest absolute Gasteiger partial charge is 0.381 e. The second-order valence-corrected chi connectivity index (χ2v) is 7.81. The molecule has 1 atom stereocenters. The topological polar surface area (TPSA) is 12.0 Å². The highest BCUT2D eigenvalue weighted by molar-refractivity contribution is 9.11. The van der Waals surface area contributed by atoms with Gasteiger partial charge in [-0.15, -0.1) is 0 Å². The molecule has 0 saturated carbocycles. The molecule has 2 aromatic rings. The maximum Gasteiger partial charge on any atom is 0.0487 e. The molecule has 0 radical (unpaired) electrons. The van der Waals surface area contributed by atoms with E-state index in [0.29, 0.717) is 6.04 Å². The highest BCUT2D eigenvalue weighted by Crippen LogP contribution is 2.30. The molecule has 104 valence electrons. The molecule has 0 bridgehead atoms. The maximum absolute atomic E-state index is 3.65. The van der Waals surface area contributed by atoms with Crippen molar-refractivity contribution in [2.24, 2.45) is 0 Å². The summed E-state index contributed by atoms with van der Waals surface area (Å²) in [5, 5.41) is 3.65. The van der Waals surface area contributed by atoms with Gasteiger partial charge in [0.1, 0.15) is 0 Å². The minimum absolute atomic E-state index is 0.501. The fraction of sp³-hybridized carbons (Fsp3) is 0.250. The number of nitrogens with one attached hydrogen (secondary N) is 1. The van der Waals surface area contributed by atoms with Crippen LogP contribution >= 0.6 is 47.8 Å². The average Bonchev–Trinajstić information content (AvgIpc) is 2.42. The summed E-state index contributed by atoms with van der Waals surface area (Å²) in [7, 11) is 0. The third-order valence-electron chi connectivity index (χ3n) is 3.69. The van der Waals surface area contributed by atoms with Crippen LogP contribution in [0.2, 0.25) is 0 Å². The Labute approximate surface area is 144 Å². The first-order chi connectivity index (χ1) is 9.61. The van der Waals surface area contributed by atoms with Crippen molar-refractivity contribution < 1.29 is 0 Å². The van der Waals surface area contributed by atoms with Gasteiger partial charge in [0, 0.05) is 25.1 Å². The van der Waals surface area contributed by atoms with Crippen molar-refractivity contribution in [2.45, 2.75) is 25.3 Å². The third kappa shape index (κ3) is 3.29. The van der Waals surface area contributed by atoms with Gasteiger partial charge < -0.3 is 5.32 Å². The summed E-state index contributed by atoms with van der Waals surface area (Å²) in [6.45, 7) is 0. The van der Waals surface area contributed by atoms with Crippen LogP contribution in [0.15, 0.2) is 49.8 Å². The fourth-order valence-corrected chi connectivity index (χ4v) is 4.24. The van der Waals surface area contributed by atoms with E-state index < -0.39 is 0 Å². The fourth-order valence-electron chi connectivity index (χ4n) is 2.67. The Hall–Kier alpha value is -0.320. The van der Waals surface area contributed by atoms with E-state index in [1.54, 1.807) is 0 Å². The van der Waals surface area contributed by atoms with Crippen LogP contribution in [0.1, 0.15) is 17.5 Å². The van der Waals surface area contributed by atoms with Crippen molar-refractivity contribution in [1.29, 1.82) is 0 Å². The predicted octanol–water partition coefficient (Wildman–Crippen LogP) is 5.94. The first-order valence-corrected chi connectivity index (χ1v) is 8.98. The van der Waals surface area contributed by atoms with Crippen molar-refractivity contribution in [3.05, 3.63) is 60.9 Å². The number of hydrogen-bond donors (Lipinski definition) is 1.